The van der Waals surface area contributed by atoms with Crippen LogP contribution in [0.4, 0.5) is 5.69 Å². The van der Waals surface area contributed by atoms with E-state index in [2.05, 4.69) is 5.32 Å². The molecule has 0 saturated heterocycles. The molecule has 8 nitrogen and oxygen atoms in total. The van der Waals surface area contributed by atoms with Crippen LogP contribution in [0.15, 0.2) is 71.6 Å². The SMILES string of the molecule is CCC(C(=O)NC1CCCC1)N(Cc1cccc(OC)c1)C(=O)CN(c1ccc(C)c(C)c1)S(=O)(=O)c1ccc(C)cc1. The molecule has 1 aliphatic carbocycles. The first-order valence-corrected chi connectivity index (χ1v) is 16.4. The molecule has 230 valence electrons. The van der Waals surface area contributed by atoms with E-state index in [1.165, 1.54) is 4.90 Å². The van der Waals surface area contributed by atoms with Gasteiger partial charge in [-0.1, -0.05) is 55.7 Å². The number of nitrogens with one attached hydrogen (secondary N) is 1. The van der Waals surface area contributed by atoms with Crippen molar-refractivity contribution >= 4 is 27.5 Å². The Morgan fingerprint density at radius 1 is 0.953 bits per heavy atom. The van der Waals surface area contributed by atoms with Crippen LogP contribution in [0.25, 0.3) is 0 Å². The lowest BCUT2D eigenvalue weighted by molar-refractivity contribution is -0.140. The lowest BCUT2D eigenvalue weighted by atomic mass is 10.1. The zero-order valence-electron chi connectivity index (χ0n) is 25.8. The number of nitrogens with zero attached hydrogens (tertiary/aromatic N) is 2. The maximum absolute atomic E-state index is 14.3. The van der Waals surface area contributed by atoms with Crippen molar-refractivity contribution in [3.05, 3.63) is 89.0 Å². The van der Waals surface area contributed by atoms with E-state index in [1.807, 2.05) is 58.0 Å². The number of methoxy groups -OCH3 is 1. The first-order valence-electron chi connectivity index (χ1n) is 14.9. The van der Waals surface area contributed by atoms with E-state index in [9.17, 15) is 18.0 Å². The molecule has 9 heteroatoms. The van der Waals surface area contributed by atoms with Crippen molar-refractivity contribution in [1.82, 2.24) is 10.2 Å². The van der Waals surface area contributed by atoms with E-state index in [-0.39, 0.29) is 23.4 Å². The highest BCUT2D eigenvalue weighted by molar-refractivity contribution is 7.92. The van der Waals surface area contributed by atoms with Gasteiger partial charge in [0.05, 0.1) is 17.7 Å². The summed E-state index contributed by atoms with van der Waals surface area (Å²) >= 11 is 0. The number of hydrogen-bond acceptors (Lipinski definition) is 5. The van der Waals surface area contributed by atoms with Crippen LogP contribution in [0.5, 0.6) is 5.75 Å². The number of sulfonamides is 1. The molecule has 4 rings (SSSR count). The summed E-state index contributed by atoms with van der Waals surface area (Å²) in [5.41, 5.74) is 4.01. The summed E-state index contributed by atoms with van der Waals surface area (Å²) in [5, 5.41) is 3.14. The van der Waals surface area contributed by atoms with Crippen molar-refractivity contribution in [1.29, 1.82) is 0 Å². The number of rotatable bonds is 12. The summed E-state index contributed by atoms with van der Waals surface area (Å²) < 4.78 is 34.8. The van der Waals surface area contributed by atoms with Crippen molar-refractivity contribution < 1.29 is 22.7 Å². The molecule has 1 fully saturated rings. The molecule has 0 aliphatic heterocycles. The van der Waals surface area contributed by atoms with E-state index in [4.69, 9.17) is 4.74 Å². The Balaban J connectivity index is 1.74. The van der Waals surface area contributed by atoms with Gasteiger partial charge in [-0.15, -0.1) is 0 Å². The zero-order chi connectivity index (χ0) is 31.1. The van der Waals surface area contributed by atoms with Gasteiger partial charge in [0.15, 0.2) is 0 Å². The van der Waals surface area contributed by atoms with Gasteiger partial charge >= 0.3 is 0 Å². The molecule has 2 amide bonds. The Morgan fingerprint density at radius 2 is 1.65 bits per heavy atom. The normalized spacial score (nSPS) is 14.3. The summed E-state index contributed by atoms with van der Waals surface area (Å²) in [5.74, 6) is -0.0537. The van der Waals surface area contributed by atoms with Crippen LogP contribution in [0, 0.1) is 20.8 Å². The van der Waals surface area contributed by atoms with Crippen LogP contribution in [0.2, 0.25) is 0 Å². The number of hydrogen-bond donors (Lipinski definition) is 1. The van der Waals surface area contributed by atoms with Gasteiger partial charge in [0.25, 0.3) is 10.0 Å². The molecular formula is C34H43N3O5S. The third-order valence-corrected chi connectivity index (χ3v) is 10.0. The van der Waals surface area contributed by atoms with Gasteiger partial charge in [0.1, 0.15) is 18.3 Å². The van der Waals surface area contributed by atoms with E-state index in [1.54, 1.807) is 43.5 Å². The van der Waals surface area contributed by atoms with Crippen molar-refractivity contribution in [3.8, 4) is 5.75 Å². The lowest BCUT2D eigenvalue weighted by Crippen LogP contribution is -2.53. The lowest BCUT2D eigenvalue weighted by Gasteiger charge is -2.34. The fourth-order valence-corrected chi connectivity index (χ4v) is 6.91. The second kappa shape index (κ2) is 14.1. The molecule has 1 aliphatic rings. The summed E-state index contributed by atoms with van der Waals surface area (Å²) in [6, 6.07) is 18.6. The first kappa shape index (κ1) is 32.1. The quantitative estimate of drug-likeness (QED) is 0.287. The van der Waals surface area contributed by atoms with Crippen LogP contribution in [-0.2, 0) is 26.2 Å². The predicted molar refractivity (Wildman–Crippen MR) is 170 cm³/mol. The monoisotopic (exact) mass is 605 g/mol. The Labute approximate surface area is 256 Å². The Kier molecular flexibility index (Phi) is 10.5. The highest BCUT2D eigenvalue weighted by atomic mass is 32.2. The first-order chi connectivity index (χ1) is 20.5. The minimum atomic E-state index is -4.12. The van der Waals surface area contributed by atoms with Crippen LogP contribution in [0.3, 0.4) is 0 Å². The maximum Gasteiger partial charge on any atom is 0.264 e. The minimum Gasteiger partial charge on any atom is -0.497 e. The van der Waals surface area contributed by atoms with Gasteiger partial charge in [0, 0.05) is 12.6 Å². The highest BCUT2D eigenvalue weighted by Gasteiger charge is 2.34. The molecular weight excluding hydrogens is 562 g/mol. The molecule has 0 spiro atoms. The molecule has 0 aromatic heterocycles. The molecule has 0 bridgehead atoms. The van der Waals surface area contributed by atoms with E-state index in [0.717, 1.165) is 52.2 Å². The second-order valence-corrected chi connectivity index (χ2v) is 13.2. The molecule has 1 unspecified atom stereocenters. The van der Waals surface area contributed by atoms with Crippen molar-refractivity contribution in [2.75, 3.05) is 18.0 Å². The van der Waals surface area contributed by atoms with Crippen molar-refractivity contribution in [2.24, 2.45) is 0 Å². The average molecular weight is 606 g/mol. The number of carbonyl (C=O) groups excluding carboxylic acids is 2. The topological polar surface area (TPSA) is 96.0 Å². The summed E-state index contributed by atoms with van der Waals surface area (Å²) in [7, 11) is -2.55. The van der Waals surface area contributed by atoms with Gasteiger partial charge < -0.3 is 15.0 Å². The fourth-order valence-electron chi connectivity index (χ4n) is 5.50. The largest absolute Gasteiger partial charge is 0.497 e. The summed E-state index contributed by atoms with van der Waals surface area (Å²) in [4.78, 5) is 29.5. The summed E-state index contributed by atoms with van der Waals surface area (Å²) in [6.07, 6.45) is 4.34. The van der Waals surface area contributed by atoms with E-state index < -0.39 is 28.5 Å². The fraction of sp³-hybridized carbons (Fsp3) is 0.412. The highest BCUT2D eigenvalue weighted by Crippen LogP contribution is 2.27. The number of anilines is 1. The molecule has 0 heterocycles. The van der Waals surface area contributed by atoms with Crippen LogP contribution in [-0.4, -0.2) is 50.9 Å². The number of carbonyl (C=O) groups is 2. The molecule has 1 N–H and O–H groups in total. The maximum atomic E-state index is 14.3. The third-order valence-electron chi connectivity index (χ3n) is 8.24. The smallest absolute Gasteiger partial charge is 0.264 e. The minimum absolute atomic E-state index is 0.0873. The van der Waals surface area contributed by atoms with Crippen molar-refractivity contribution in [2.45, 2.75) is 83.3 Å². The number of benzene rings is 3. The second-order valence-electron chi connectivity index (χ2n) is 11.4. The number of ether oxygens (including phenoxy) is 1. The predicted octanol–water partition coefficient (Wildman–Crippen LogP) is 5.68. The third kappa shape index (κ3) is 7.76. The van der Waals surface area contributed by atoms with Crippen molar-refractivity contribution in [3.63, 3.8) is 0 Å². The summed E-state index contributed by atoms with van der Waals surface area (Å²) in [6.45, 7) is 7.28. The molecule has 43 heavy (non-hydrogen) atoms. The van der Waals surface area contributed by atoms with Gasteiger partial charge in [-0.3, -0.25) is 13.9 Å². The molecule has 1 saturated carbocycles. The molecule has 0 radical (unpaired) electrons. The van der Waals surface area contributed by atoms with E-state index >= 15 is 0 Å². The zero-order valence-corrected chi connectivity index (χ0v) is 26.6. The number of amides is 2. The van der Waals surface area contributed by atoms with Gasteiger partial charge in [-0.05, 0) is 93.1 Å². The van der Waals surface area contributed by atoms with Gasteiger partial charge in [-0.2, -0.15) is 0 Å². The Bertz CT molecular complexity index is 1530. The average Bonchev–Trinajstić information content (AvgIpc) is 3.50. The Hall–Kier alpha value is -3.85. The van der Waals surface area contributed by atoms with Crippen LogP contribution in [0.1, 0.15) is 61.3 Å². The van der Waals surface area contributed by atoms with Crippen LogP contribution >= 0.6 is 0 Å². The molecule has 3 aromatic rings. The standard InChI is InChI=1S/C34H43N3O5S/c1-6-32(34(39)35-28-11-7-8-12-28)36(22-27-10-9-13-30(21-27)42-5)33(38)23-37(29-17-16-25(3)26(4)20-29)43(40,41)31-18-14-24(2)15-19-31/h9-10,13-21,28,32H,6-8,11-12,22-23H2,1-5H3,(H,35,39). The van der Waals surface area contributed by atoms with Gasteiger partial charge in [-0.25, -0.2) is 8.42 Å². The molecule has 3 aromatic carbocycles. The number of aryl methyl sites for hydroxylation is 3. The van der Waals surface area contributed by atoms with Crippen LogP contribution < -0.4 is 14.4 Å². The van der Waals surface area contributed by atoms with Gasteiger partial charge in [0.2, 0.25) is 11.8 Å². The molecule has 1 atom stereocenters. The van der Waals surface area contributed by atoms with E-state index in [0.29, 0.717) is 17.9 Å². The Morgan fingerprint density at radius 3 is 2.28 bits per heavy atom.